The normalized spacial score (nSPS) is 15.1. The Balaban J connectivity index is 1.51. The summed E-state index contributed by atoms with van der Waals surface area (Å²) >= 11 is 0. The Bertz CT molecular complexity index is 1240. The van der Waals surface area contributed by atoms with E-state index >= 15 is 0 Å². The molecule has 1 amide bonds. The van der Waals surface area contributed by atoms with Gasteiger partial charge < -0.3 is 10.2 Å². The monoisotopic (exact) mass is 450 g/mol. The minimum absolute atomic E-state index is 0.218. The van der Waals surface area contributed by atoms with E-state index in [1.807, 2.05) is 31.2 Å². The van der Waals surface area contributed by atoms with E-state index in [0.29, 0.717) is 17.7 Å². The van der Waals surface area contributed by atoms with Crippen LogP contribution in [0.25, 0.3) is 11.2 Å². The van der Waals surface area contributed by atoms with Crippen LogP contribution in [0.5, 0.6) is 0 Å². The molecule has 0 spiro atoms. The first-order valence-electron chi connectivity index (χ1n) is 11.2. The standard InChI is InChI=1S/C24H30N6O3/c1-18-5-7-19(8-6-18)16-30-22-20(4-3-9-26-22)29(23(32)24(30)33)17-21(31)25-10-11-28-14-12-27(2)13-15-28/h3-9H,10-17H2,1-2H3,(H,25,31). The summed E-state index contributed by atoms with van der Waals surface area (Å²) < 4.78 is 2.60. The molecule has 1 aliphatic rings. The second kappa shape index (κ2) is 10.1. The lowest BCUT2D eigenvalue weighted by atomic mass is 10.1. The van der Waals surface area contributed by atoms with Crippen LogP contribution in [0.1, 0.15) is 11.1 Å². The van der Waals surface area contributed by atoms with Gasteiger partial charge in [-0.25, -0.2) is 4.98 Å². The van der Waals surface area contributed by atoms with Crippen molar-refractivity contribution in [3.63, 3.8) is 0 Å². The number of benzene rings is 1. The Kier molecular flexibility index (Phi) is 7.00. The van der Waals surface area contributed by atoms with Gasteiger partial charge >= 0.3 is 11.1 Å². The number of rotatable bonds is 7. The fraction of sp³-hybridized carbons (Fsp3) is 0.417. The van der Waals surface area contributed by atoms with Gasteiger partial charge in [-0.1, -0.05) is 29.8 Å². The molecule has 0 atom stereocenters. The van der Waals surface area contributed by atoms with E-state index in [4.69, 9.17) is 0 Å². The van der Waals surface area contributed by atoms with Gasteiger partial charge in [-0.15, -0.1) is 0 Å². The lowest BCUT2D eigenvalue weighted by Crippen LogP contribution is -2.47. The predicted octanol–water partition coefficient (Wildman–Crippen LogP) is 0.279. The van der Waals surface area contributed by atoms with Gasteiger partial charge in [0.05, 0.1) is 12.1 Å². The van der Waals surface area contributed by atoms with Crippen molar-refractivity contribution in [3.8, 4) is 0 Å². The van der Waals surface area contributed by atoms with Crippen molar-refractivity contribution in [1.29, 1.82) is 0 Å². The number of carbonyl (C=O) groups excluding carboxylic acids is 1. The zero-order valence-corrected chi connectivity index (χ0v) is 19.2. The minimum Gasteiger partial charge on any atom is -0.353 e. The molecular formula is C24H30N6O3. The van der Waals surface area contributed by atoms with Crippen LogP contribution in [0.15, 0.2) is 52.2 Å². The molecule has 1 aromatic carbocycles. The summed E-state index contributed by atoms with van der Waals surface area (Å²) in [5.41, 5.74) is 1.44. The van der Waals surface area contributed by atoms with Crippen LogP contribution in [0.2, 0.25) is 0 Å². The van der Waals surface area contributed by atoms with Crippen LogP contribution in [0, 0.1) is 6.92 Å². The van der Waals surface area contributed by atoms with Crippen LogP contribution in [0.4, 0.5) is 0 Å². The van der Waals surface area contributed by atoms with Crippen LogP contribution in [0.3, 0.4) is 0 Å². The molecule has 4 rings (SSSR count). The van der Waals surface area contributed by atoms with Crippen LogP contribution in [-0.2, 0) is 17.9 Å². The van der Waals surface area contributed by atoms with E-state index < -0.39 is 11.1 Å². The molecule has 9 heteroatoms. The lowest BCUT2D eigenvalue weighted by Gasteiger charge is -2.32. The molecule has 0 aliphatic carbocycles. The summed E-state index contributed by atoms with van der Waals surface area (Å²) in [6.07, 6.45) is 1.58. The third-order valence-electron chi connectivity index (χ3n) is 6.09. The summed E-state index contributed by atoms with van der Waals surface area (Å²) in [4.78, 5) is 47.4. The molecule has 0 radical (unpaired) electrons. The maximum atomic E-state index is 13.0. The van der Waals surface area contributed by atoms with Crippen molar-refractivity contribution < 1.29 is 4.79 Å². The highest BCUT2D eigenvalue weighted by Gasteiger charge is 2.17. The van der Waals surface area contributed by atoms with E-state index in [0.717, 1.165) is 43.9 Å². The predicted molar refractivity (Wildman–Crippen MR) is 127 cm³/mol. The zero-order chi connectivity index (χ0) is 23.4. The summed E-state index contributed by atoms with van der Waals surface area (Å²) in [6, 6.07) is 11.2. The minimum atomic E-state index is -0.725. The molecule has 1 fully saturated rings. The van der Waals surface area contributed by atoms with Gasteiger partial charge in [-0.2, -0.15) is 0 Å². The van der Waals surface area contributed by atoms with Crippen LogP contribution < -0.4 is 16.4 Å². The Morgan fingerprint density at radius 2 is 1.70 bits per heavy atom. The molecule has 174 valence electrons. The van der Waals surface area contributed by atoms with Gasteiger partial charge in [-0.05, 0) is 31.7 Å². The van der Waals surface area contributed by atoms with Crippen molar-refractivity contribution in [1.82, 2.24) is 29.2 Å². The summed E-state index contributed by atoms with van der Waals surface area (Å²) in [6.45, 7) is 7.24. The number of amides is 1. The van der Waals surface area contributed by atoms with Gasteiger partial charge in [0.15, 0.2) is 5.65 Å². The summed E-state index contributed by atoms with van der Waals surface area (Å²) in [5, 5.41) is 2.88. The topological polar surface area (TPSA) is 92.5 Å². The van der Waals surface area contributed by atoms with E-state index in [1.54, 1.807) is 18.3 Å². The molecule has 0 saturated carbocycles. The number of piperazine rings is 1. The third kappa shape index (κ3) is 5.37. The number of carbonyl (C=O) groups is 1. The number of nitrogens with one attached hydrogen (secondary N) is 1. The van der Waals surface area contributed by atoms with E-state index in [9.17, 15) is 14.4 Å². The number of likely N-dealkylation sites (N-methyl/N-ethyl adjacent to an activating group) is 1. The zero-order valence-electron chi connectivity index (χ0n) is 19.2. The van der Waals surface area contributed by atoms with Crippen molar-refractivity contribution in [3.05, 3.63) is 74.4 Å². The first-order valence-corrected chi connectivity index (χ1v) is 11.2. The molecule has 3 heterocycles. The van der Waals surface area contributed by atoms with Crippen molar-refractivity contribution in [2.24, 2.45) is 0 Å². The molecular weight excluding hydrogens is 420 g/mol. The van der Waals surface area contributed by atoms with Crippen LogP contribution >= 0.6 is 0 Å². The van der Waals surface area contributed by atoms with Crippen molar-refractivity contribution in [2.75, 3.05) is 46.3 Å². The largest absolute Gasteiger partial charge is 0.353 e. The average molecular weight is 451 g/mol. The SMILES string of the molecule is Cc1ccc(Cn2c(=O)c(=O)n(CC(=O)NCCN3CCN(C)CC3)c3cccnc32)cc1. The highest BCUT2D eigenvalue weighted by molar-refractivity contribution is 5.78. The molecule has 3 aromatic rings. The quantitative estimate of drug-likeness (QED) is 0.520. The number of fused-ring (bicyclic) bond motifs is 1. The van der Waals surface area contributed by atoms with E-state index in [1.165, 1.54) is 9.13 Å². The number of aryl methyl sites for hydroxylation is 1. The fourth-order valence-corrected chi connectivity index (χ4v) is 4.05. The molecule has 0 unspecified atom stereocenters. The molecule has 0 bridgehead atoms. The first kappa shape index (κ1) is 22.9. The average Bonchev–Trinajstić information content (AvgIpc) is 2.82. The molecule has 1 saturated heterocycles. The van der Waals surface area contributed by atoms with Crippen molar-refractivity contribution >= 4 is 17.1 Å². The Labute approximate surface area is 192 Å². The molecule has 9 nitrogen and oxygen atoms in total. The number of pyridine rings is 1. The Hall–Kier alpha value is -3.30. The lowest BCUT2D eigenvalue weighted by molar-refractivity contribution is -0.121. The van der Waals surface area contributed by atoms with Crippen molar-refractivity contribution in [2.45, 2.75) is 20.0 Å². The van der Waals surface area contributed by atoms with Gasteiger partial charge in [0, 0.05) is 45.5 Å². The van der Waals surface area contributed by atoms with Gasteiger partial charge in [0.25, 0.3) is 0 Å². The number of hydrogen-bond donors (Lipinski definition) is 1. The molecule has 1 N–H and O–H groups in total. The second-order valence-electron chi connectivity index (χ2n) is 8.61. The maximum Gasteiger partial charge on any atom is 0.318 e. The molecule has 33 heavy (non-hydrogen) atoms. The van der Waals surface area contributed by atoms with E-state index in [-0.39, 0.29) is 19.0 Å². The third-order valence-corrected chi connectivity index (χ3v) is 6.09. The highest BCUT2D eigenvalue weighted by atomic mass is 16.2. The van der Waals surface area contributed by atoms with Gasteiger partial charge in [0.2, 0.25) is 5.91 Å². The molecule has 1 aliphatic heterocycles. The number of nitrogens with zero attached hydrogens (tertiary/aromatic N) is 5. The summed E-state index contributed by atoms with van der Waals surface area (Å²) in [7, 11) is 2.10. The molecule has 2 aromatic heterocycles. The fourth-order valence-electron chi connectivity index (χ4n) is 4.05. The van der Waals surface area contributed by atoms with E-state index in [2.05, 4.69) is 27.1 Å². The Morgan fingerprint density at radius 1 is 1.00 bits per heavy atom. The maximum absolute atomic E-state index is 13.0. The van der Waals surface area contributed by atoms with Gasteiger partial charge in [0.1, 0.15) is 6.54 Å². The second-order valence-corrected chi connectivity index (χ2v) is 8.61. The van der Waals surface area contributed by atoms with Crippen LogP contribution in [-0.4, -0.2) is 76.1 Å². The summed E-state index contributed by atoms with van der Waals surface area (Å²) in [5.74, 6) is -0.299. The highest BCUT2D eigenvalue weighted by Crippen LogP contribution is 2.11. The smallest absolute Gasteiger partial charge is 0.318 e. The van der Waals surface area contributed by atoms with Gasteiger partial charge in [-0.3, -0.25) is 28.4 Å². The number of hydrogen-bond acceptors (Lipinski definition) is 6. The Morgan fingerprint density at radius 3 is 2.42 bits per heavy atom. The first-order chi connectivity index (χ1) is 15.9. The number of aromatic nitrogens is 3.